The molecule has 0 saturated carbocycles. The van der Waals surface area contributed by atoms with E-state index in [1.54, 1.807) is 0 Å². The summed E-state index contributed by atoms with van der Waals surface area (Å²) in [6, 6.07) is 21.7. The Morgan fingerprint density at radius 3 is 2.54 bits per heavy atom. The van der Waals surface area contributed by atoms with Crippen LogP contribution in [0.15, 0.2) is 66.7 Å². The highest BCUT2D eigenvalue weighted by atomic mass is 16.6. The van der Waals surface area contributed by atoms with E-state index < -0.39 is 5.60 Å². The van der Waals surface area contributed by atoms with E-state index in [0.717, 1.165) is 48.0 Å². The average Bonchev–Trinajstić information content (AvgIpc) is 2.75. The fourth-order valence-electron chi connectivity index (χ4n) is 3.94. The van der Waals surface area contributed by atoms with Crippen molar-refractivity contribution in [1.82, 2.24) is 5.32 Å². The molecular weight excluding hydrogens is 350 g/mol. The molecule has 3 aromatic rings. The van der Waals surface area contributed by atoms with Crippen molar-refractivity contribution < 1.29 is 14.3 Å². The third kappa shape index (κ3) is 3.60. The standard InChI is InChI=1S/C24H25NO3/c1-2-27-20-12-11-18-7-6-10-21(22(18)17-20)23(26)28-24(13-15-25-16-14-24)19-8-4-3-5-9-19/h3-12,17,25H,2,13-16H2,1H3. The fraction of sp³-hybridized carbons (Fsp3) is 0.292. The first-order valence-corrected chi connectivity index (χ1v) is 9.87. The maximum Gasteiger partial charge on any atom is 0.339 e. The van der Waals surface area contributed by atoms with Gasteiger partial charge in [-0.15, -0.1) is 0 Å². The van der Waals surface area contributed by atoms with Gasteiger partial charge in [-0.1, -0.05) is 48.5 Å². The van der Waals surface area contributed by atoms with Crippen molar-refractivity contribution in [3.63, 3.8) is 0 Å². The molecule has 0 atom stereocenters. The molecule has 1 aliphatic rings. The van der Waals surface area contributed by atoms with Crippen LogP contribution >= 0.6 is 0 Å². The number of hydrogen-bond donors (Lipinski definition) is 1. The van der Waals surface area contributed by atoms with Gasteiger partial charge in [-0.2, -0.15) is 0 Å². The highest BCUT2D eigenvalue weighted by Gasteiger charge is 2.38. The molecule has 0 radical (unpaired) electrons. The van der Waals surface area contributed by atoms with Crippen molar-refractivity contribution in [3.8, 4) is 5.75 Å². The molecule has 0 spiro atoms. The summed E-state index contributed by atoms with van der Waals surface area (Å²) < 4.78 is 11.9. The number of carbonyl (C=O) groups is 1. The van der Waals surface area contributed by atoms with Gasteiger partial charge < -0.3 is 14.8 Å². The Morgan fingerprint density at radius 2 is 1.79 bits per heavy atom. The number of carbonyl (C=O) groups excluding carboxylic acids is 1. The average molecular weight is 375 g/mol. The van der Waals surface area contributed by atoms with E-state index in [0.29, 0.717) is 12.2 Å². The normalized spacial score (nSPS) is 15.9. The molecule has 4 nitrogen and oxygen atoms in total. The van der Waals surface area contributed by atoms with E-state index in [4.69, 9.17) is 9.47 Å². The minimum absolute atomic E-state index is 0.287. The second-order valence-corrected chi connectivity index (χ2v) is 7.12. The quantitative estimate of drug-likeness (QED) is 0.658. The van der Waals surface area contributed by atoms with Crippen molar-refractivity contribution in [3.05, 3.63) is 77.9 Å². The molecule has 3 aromatic carbocycles. The van der Waals surface area contributed by atoms with Gasteiger partial charge in [-0.3, -0.25) is 0 Å². The summed E-state index contributed by atoms with van der Waals surface area (Å²) in [5.41, 5.74) is 1.04. The van der Waals surface area contributed by atoms with Crippen LogP contribution in [0.1, 0.15) is 35.7 Å². The van der Waals surface area contributed by atoms with Crippen LogP contribution < -0.4 is 10.1 Å². The van der Waals surface area contributed by atoms with E-state index in [1.165, 1.54) is 0 Å². The number of ether oxygens (including phenoxy) is 2. The minimum Gasteiger partial charge on any atom is -0.494 e. The minimum atomic E-state index is -0.594. The lowest BCUT2D eigenvalue weighted by Gasteiger charge is -2.37. The van der Waals surface area contributed by atoms with Gasteiger partial charge in [0.1, 0.15) is 11.4 Å². The van der Waals surface area contributed by atoms with Crippen LogP contribution in [-0.2, 0) is 10.3 Å². The number of benzene rings is 3. The predicted octanol–water partition coefficient (Wildman–Crippen LogP) is 4.67. The maximum atomic E-state index is 13.3. The molecule has 0 amide bonds. The second-order valence-electron chi connectivity index (χ2n) is 7.12. The lowest BCUT2D eigenvalue weighted by molar-refractivity contribution is -0.0376. The van der Waals surface area contributed by atoms with Crippen molar-refractivity contribution >= 4 is 16.7 Å². The summed E-state index contributed by atoms with van der Waals surface area (Å²) in [6.45, 7) is 4.19. The fourth-order valence-corrected chi connectivity index (χ4v) is 3.94. The van der Waals surface area contributed by atoms with Crippen LogP contribution in [0.25, 0.3) is 10.8 Å². The molecule has 1 heterocycles. The lowest BCUT2D eigenvalue weighted by atomic mass is 9.84. The van der Waals surface area contributed by atoms with Gasteiger partial charge in [-0.05, 0) is 54.5 Å². The SMILES string of the molecule is CCOc1ccc2cccc(C(=O)OC3(c4ccccc4)CCNCC3)c2c1. The van der Waals surface area contributed by atoms with Crippen molar-refractivity contribution in [2.24, 2.45) is 0 Å². The third-order valence-electron chi connectivity index (χ3n) is 5.38. The Balaban J connectivity index is 1.71. The van der Waals surface area contributed by atoms with Crippen molar-refractivity contribution in [2.75, 3.05) is 19.7 Å². The summed E-state index contributed by atoms with van der Waals surface area (Å²) in [6.07, 6.45) is 1.52. The van der Waals surface area contributed by atoms with Gasteiger partial charge in [-0.25, -0.2) is 4.79 Å². The highest BCUT2D eigenvalue weighted by molar-refractivity contribution is 6.05. The molecule has 28 heavy (non-hydrogen) atoms. The summed E-state index contributed by atoms with van der Waals surface area (Å²) in [5.74, 6) is 0.472. The lowest BCUT2D eigenvalue weighted by Crippen LogP contribution is -2.43. The maximum absolute atomic E-state index is 13.3. The molecule has 1 fully saturated rings. The third-order valence-corrected chi connectivity index (χ3v) is 5.38. The Kier molecular flexibility index (Phi) is 5.31. The zero-order valence-corrected chi connectivity index (χ0v) is 16.1. The van der Waals surface area contributed by atoms with Crippen LogP contribution in [-0.4, -0.2) is 25.7 Å². The predicted molar refractivity (Wildman–Crippen MR) is 111 cm³/mol. The zero-order chi connectivity index (χ0) is 19.4. The van der Waals surface area contributed by atoms with Gasteiger partial charge in [0.25, 0.3) is 0 Å². The van der Waals surface area contributed by atoms with Crippen LogP contribution in [0, 0.1) is 0 Å². The van der Waals surface area contributed by atoms with E-state index in [1.807, 2.05) is 61.5 Å². The number of rotatable bonds is 5. The largest absolute Gasteiger partial charge is 0.494 e. The molecule has 1 aliphatic heterocycles. The van der Waals surface area contributed by atoms with Crippen LogP contribution in [0.4, 0.5) is 0 Å². The van der Waals surface area contributed by atoms with Crippen LogP contribution in [0.2, 0.25) is 0 Å². The Morgan fingerprint density at radius 1 is 1.00 bits per heavy atom. The Bertz CT molecular complexity index is 962. The first-order chi connectivity index (χ1) is 13.7. The zero-order valence-electron chi connectivity index (χ0n) is 16.1. The molecule has 0 bridgehead atoms. The van der Waals surface area contributed by atoms with Crippen molar-refractivity contribution in [1.29, 1.82) is 0 Å². The van der Waals surface area contributed by atoms with Gasteiger partial charge in [0.15, 0.2) is 0 Å². The molecular formula is C24H25NO3. The van der Waals surface area contributed by atoms with Gasteiger partial charge >= 0.3 is 5.97 Å². The number of piperidine rings is 1. The molecule has 0 aromatic heterocycles. The van der Waals surface area contributed by atoms with Crippen LogP contribution in [0.3, 0.4) is 0 Å². The first-order valence-electron chi connectivity index (χ1n) is 9.87. The topological polar surface area (TPSA) is 47.6 Å². The second kappa shape index (κ2) is 8.03. The Hall–Kier alpha value is -2.85. The smallest absolute Gasteiger partial charge is 0.339 e. The summed E-state index contributed by atoms with van der Waals surface area (Å²) >= 11 is 0. The summed E-state index contributed by atoms with van der Waals surface area (Å²) in [5, 5.41) is 5.22. The number of hydrogen-bond acceptors (Lipinski definition) is 4. The number of nitrogens with one attached hydrogen (secondary N) is 1. The van der Waals surface area contributed by atoms with Gasteiger partial charge in [0.2, 0.25) is 0 Å². The number of esters is 1. The van der Waals surface area contributed by atoms with E-state index >= 15 is 0 Å². The highest BCUT2D eigenvalue weighted by Crippen LogP contribution is 2.36. The van der Waals surface area contributed by atoms with E-state index in [9.17, 15) is 4.79 Å². The summed E-state index contributed by atoms with van der Waals surface area (Å²) in [7, 11) is 0. The monoisotopic (exact) mass is 375 g/mol. The molecule has 144 valence electrons. The van der Waals surface area contributed by atoms with Gasteiger partial charge in [0.05, 0.1) is 12.2 Å². The van der Waals surface area contributed by atoms with Gasteiger partial charge in [0, 0.05) is 12.8 Å². The molecule has 1 saturated heterocycles. The number of fused-ring (bicyclic) bond motifs is 1. The Labute approximate surface area is 165 Å². The first kappa shape index (κ1) is 18.5. The van der Waals surface area contributed by atoms with E-state index in [2.05, 4.69) is 17.4 Å². The molecule has 4 heteroatoms. The van der Waals surface area contributed by atoms with Crippen LogP contribution in [0.5, 0.6) is 5.75 Å². The van der Waals surface area contributed by atoms with Crippen molar-refractivity contribution in [2.45, 2.75) is 25.4 Å². The molecule has 1 N–H and O–H groups in total. The summed E-state index contributed by atoms with van der Waals surface area (Å²) in [4.78, 5) is 13.3. The van der Waals surface area contributed by atoms with E-state index in [-0.39, 0.29) is 5.97 Å². The molecule has 4 rings (SSSR count). The molecule has 0 unspecified atom stereocenters. The molecule has 0 aliphatic carbocycles.